The molecule has 0 saturated heterocycles. The van der Waals surface area contributed by atoms with Crippen molar-refractivity contribution in [2.75, 3.05) is 7.11 Å². The van der Waals surface area contributed by atoms with Crippen molar-refractivity contribution >= 4 is 5.97 Å². The highest BCUT2D eigenvalue weighted by atomic mass is 19.1. The third kappa shape index (κ3) is 2.34. The quantitative estimate of drug-likeness (QED) is 0.768. The zero-order chi connectivity index (χ0) is 13.1. The smallest absolute Gasteiger partial charge is 0.337 e. The maximum atomic E-state index is 13.5. The fourth-order valence-corrected chi connectivity index (χ4v) is 1.51. The molecule has 0 fully saturated rings. The predicted octanol–water partition coefficient (Wildman–Crippen LogP) is 2.81. The number of carbonyl (C=O) groups excluding carboxylic acids is 1. The Morgan fingerprint density at radius 1 is 1.22 bits per heavy atom. The van der Waals surface area contributed by atoms with E-state index in [1.165, 1.54) is 31.4 Å². The highest BCUT2D eigenvalue weighted by Crippen LogP contribution is 2.21. The number of nitrogens with zero attached hydrogens (tertiary/aromatic N) is 1. The number of benzene rings is 1. The Kier molecular flexibility index (Phi) is 3.32. The minimum Gasteiger partial charge on any atom is -0.465 e. The average Bonchev–Trinajstić information content (AvgIpc) is 2.38. The average molecular weight is 249 g/mol. The summed E-state index contributed by atoms with van der Waals surface area (Å²) in [6.07, 6.45) is 0.937. The minimum atomic E-state index is -0.749. The molecule has 18 heavy (non-hydrogen) atoms. The molecular formula is C13H9F2NO2. The molecule has 2 rings (SSSR count). The standard InChI is InChI=1S/C13H9F2NO2/c1-18-13(17)9-4-2-8(3-5-9)12-11(15)6-10(14)7-16-12/h2-7H,1H3. The van der Waals surface area contributed by atoms with E-state index < -0.39 is 17.6 Å². The number of carbonyl (C=O) groups is 1. The first-order chi connectivity index (χ1) is 8.61. The highest BCUT2D eigenvalue weighted by molar-refractivity contribution is 5.89. The molecule has 0 N–H and O–H groups in total. The Labute approximate surface area is 102 Å². The zero-order valence-electron chi connectivity index (χ0n) is 9.48. The third-order valence-electron chi connectivity index (χ3n) is 2.39. The second-order valence-electron chi connectivity index (χ2n) is 3.55. The lowest BCUT2D eigenvalue weighted by Gasteiger charge is -2.04. The minimum absolute atomic E-state index is 0.0350. The summed E-state index contributed by atoms with van der Waals surface area (Å²) in [5.74, 6) is -1.96. The van der Waals surface area contributed by atoms with E-state index in [0.29, 0.717) is 11.1 Å². The molecular weight excluding hydrogens is 240 g/mol. The maximum absolute atomic E-state index is 13.5. The van der Waals surface area contributed by atoms with E-state index in [-0.39, 0.29) is 5.69 Å². The Morgan fingerprint density at radius 2 is 1.89 bits per heavy atom. The van der Waals surface area contributed by atoms with Gasteiger partial charge in [0.25, 0.3) is 0 Å². The Balaban J connectivity index is 2.37. The molecule has 1 heterocycles. The van der Waals surface area contributed by atoms with Gasteiger partial charge in [0.2, 0.25) is 0 Å². The molecule has 1 aromatic heterocycles. The van der Waals surface area contributed by atoms with Crippen LogP contribution in [0.15, 0.2) is 36.5 Å². The molecule has 0 bridgehead atoms. The monoisotopic (exact) mass is 249 g/mol. The van der Waals surface area contributed by atoms with Crippen LogP contribution in [0.4, 0.5) is 8.78 Å². The SMILES string of the molecule is COC(=O)c1ccc(-c2ncc(F)cc2F)cc1. The second-order valence-corrected chi connectivity index (χ2v) is 3.55. The first kappa shape index (κ1) is 12.2. The van der Waals surface area contributed by atoms with Crippen molar-refractivity contribution in [2.45, 2.75) is 0 Å². The van der Waals surface area contributed by atoms with Crippen LogP contribution in [0.5, 0.6) is 0 Å². The summed E-state index contributed by atoms with van der Waals surface area (Å²) < 4.78 is 30.7. The number of hydrogen-bond donors (Lipinski definition) is 0. The Morgan fingerprint density at radius 3 is 2.44 bits per heavy atom. The van der Waals surface area contributed by atoms with Crippen LogP contribution in [0.2, 0.25) is 0 Å². The number of hydrogen-bond acceptors (Lipinski definition) is 3. The van der Waals surface area contributed by atoms with Crippen LogP contribution >= 0.6 is 0 Å². The van der Waals surface area contributed by atoms with Crippen LogP contribution < -0.4 is 0 Å². The van der Waals surface area contributed by atoms with Gasteiger partial charge in [0.15, 0.2) is 5.82 Å². The van der Waals surface area contributed by atoms with Crippen LogP contribution in [0.25, 0.3) is 11.3 Å². The first-order valence-electron chi connectivity index (χ1n) is 5.11. The maximum Gasteiger partial charge on any atom is 0.337 e. The predicted molar refractivity (Wildman–Crippen MR) is 60.9 cm³/mol. The summed E-state index contributed by atoms with van der Waals surface area (Å²) in [5.41, 5.74) is 0.844. The fourth-order valence-electron chi connectivity index (χ4n) is 1.51. The molecule has 0 aliphatic carbocycles. The Bertz CT molecular complexity index is 582. The lowest BCUT2D eigenvalue weighted by Crippen LogP contribution is -2.00. The molecule has 0 saturated carbocycles. The van der Waals surface area contributed by atoms with Crippen LogP contribution in [-0.2, 0) is 4.74 Å². The third-order valence-corrected chi connectivity index (χ3v) is 2.39. The molecule has 5 heteroatoms. The van der Waals surface area contributed by atoms with Crippen LogP contribution in [0.1, 0.15) is 10.4 Å². The van der Waals surface area contributed by atoms with Crippen molar-refractivity contribution in [3.63, 3.8) is 0 Å². The van der Waals surface area contributed by atoms with Gasteiger partial charge in [-0.05, 0) is 12.1 Å². The van der Waals surface area contributed by atoms with Gasteiger partial charge in [-0.3, -0.25) is 4.98 Å². The first-order valence-corrected chi connectivity index (χ1v) is 5.11. The molecule has 92 valence electrons. The number of rotatable bonds is 2. The van der Waals surface area contributed by atoms with Gasteiger partial charge >= 0.3 is 5.97 Å². The number of methoxy groups -OCH3 is 1. The number of aromatic nitrogens is 1. The van der Waals surface area contributed by atoms with Crippen molar-refractivity contribution in [3.8, 4) is 11.3 Å². The van der Waals surface area contributed by atoms with E-state index in [2.05, 4.69) is 9.72 Å². The van der Waals surface area contributed by atoms with Gasteiger partial charge in [0.05, 0.1) is 18.9 Å². The summed E-state index contributed by atoms with van der Waals surface area (Å²) in [5, 5.41) is 0. The van der Waals surface area contributed by atoms with Gasteiger partial charge in [-0.2, -0.15) is 0 Å². The highest BCUT2D eigenvalue weighted by Gasteiger charge is 2.10. The Hall–Kier alpha value is -2.30. The molecule has 0 unspecified atom stereocenters. The molecule has 2 aromatic rings. The van der Waals surface area contributed by atoms with Gasteiger partial charge in [-0.25, -0.2) is 13.6 Å². The van der Waals surface area contributed by atoms with Crippen molar-refractivity contribution in [2.24, 2.45) is 0 Å². The molecule has 0 amide bonds. The van der Waals surface area contributed by atoms with E-state index in [0.717, 1.165) is 12.3 Å². The lowest BCUT2D eigenvalue weighted by atomic mass is 10.1. The number of esters is 1. The van der Waals surface area contributed by atoms with Gasteiger partial charge in [-0.1, -0.05) is 12.1 Å². The molecule has 0 aliphatic heterocycles. The number of halogens is 2. The summed E-state index contributed by atoms with van der Waals surface area (Å²) in [7, 11) is 1.28. The molecule has 0 aliphatic rings. The summed E-state index contributed by atoms with van der Waals surface area (Å²) in [6.45, 7) is 0. The number of ether oxygens (including phenoxy) is 1. The summed E-state index contributed by atoms with van der Waals surface area (Å²) in [6, 6.07) is 6.79. The van der Waals surface area contributed by atoms with E-state index in [1.54, 1.807) is 0 Å². The van der Waals surface area contributed by atoms with Crippen molar-refractivity contribution in [3.05, 3.63) is 53.7 Å². The van der Waals surface area contributed by atoms with E-state index >= 15 is 0 Å². The topological polar surface area (TPSA) is 39.2 Å². The molecule has 0 atom stereocenters. The van der Waals surface area contributed by atoms with Crippen molar-refractivity contribution in [1.29, 1.82) is 0 Å². The van der Waals surface area contributed by atoms with Crippen LogP contribution in [0.3, 0.4) is 0 Å². The van der Waals surface area contributed by atoms with Gasteiger partial charge < -0.3 is 4.74 Å². The number of pyridine rings is 1. The van der Waals surface area contributed by atoms with E-state index in [9.17, 15) is 13.6 Å². The van der Waals surface area contributed by atoms with Crippen LogP contribution in [0, 0.1) is 11.6 Å². The molecule has 3 nitrogen and oxygen atoms in total. The van der Waals surface area contributed by atoms with Crippen LogP contribution in [-0.4, -0.2) is 18.1 Å². The van der Waals surface area contributed by atoms with Gasteiger partial charge in [0, 0.05) is 11.6 Å². The second kappa shape index (κ2) is 4.91. The summed E-state index contributed by atoms with van der Waals surface area (Å²) >= 11 is 0. The molecule has 0 spiro atoms. The normalized spacial score (nSPS) is 10.2. The fraction of sp³-hybridized carbons (Fsp3) is 0.0769. The summed E-state index contributed by atoms with van der Waals surface area (Å²) in [4.78, 5) is 14.9. The lowest BCUT2D eigenvalue weighted by molar-refractivity contribution is 0.0601. The van der Waals surface area contributed by atoms with Gasteiger partial charge in [-0.15, -0.1) is 0 Å². The van der Waals surface area contributed by atoms with E-state index in [1.807, 2.05) is 0 Å². The van der Waals surface area contributed by atoms with Gasteiger partial charge in [0.1, 0.15) is 11.5 Å². The molecule has 0 radical (unpaired) electrons. The van der Waals surface area contributed by atoms with Crippen molar-refractivity contribution < 1.29 is 18.3 Å². The largest absolute Gasteiger partial charge is 0.465 e. The van der Waals surface area contributed by atoms with Crippen molar-refractivity contribution in [1.82, 2.24) is 4.98 Å². The van der Waals surface area contributed by atoms with E-state index in [4.69, 9.17) is 0 Å². The zero-order valence-corrected chi connectivity index (χ0v) is 9.48. The molecule has 1 aromatic carbocycles.